The number of hydrogen-bond donors (Lipinski definition) is 1. The van der Waals surface area contributed by atoms with Crippen LogP contribution in [-0.4, -0.2) is 12.5 Å². The summed E-state index contributed by atoms with van der Waals surface area (Å²) >= 11 is 0. The molecule has 2 aromatic carbocycles. The summed E-state index contributed by atoms with van der Waals surface area (Å²) in [6.45, 7) is -2.55. The molecule has 0 bridgehead atoms. The van der Waals surface area contributed by atoms with E-state index in [1.165, 1.54) is 12.1 Å². The molecule has 6 heteroatoms. The molecule has 0 aliphatic heterocycles. The zero-order valence-corrected chi connectivity index (χ0v) is 12.1. The molecule has 0 saturated heterocycles. The summed E-state index contributed by atoms with van der Waals surface area (Å²) in [4.78, 5) is 11.9. The molecule has 4 nitrogen and oxygen atoms in total. The summed E-state index contributed by atoms with van der Waals surface area (Å²) in [5.74, 6) is -0.146. The number of ether oxygens (including phenoxy) is 1. The van der Waals surface area contributed by atoms with Gasteiger partial charge in [-0.05, 0) is 35.4 Å². The van der Waals surface area contributed by atoms with Gasteiger partial charge in [-0.3, -0.25) is 4.79 Å². The summed E-state index contributed by atoms with van der Waals surface area (Å²) in [7, 11) is 0. The fraction of sp³-hybridized carbons (Fsp3) is 0.176. The normalized spacial score (nSPS) is 10.2. The Balaban J connectivity index is 1.86. The Kier molecular flexibility index (Phi) is 5.64. The smallest absolute Gasteiger partial charge is 0.387 e. The van der Waals surface area contributed by atoms with E-state index in [9.17, 15) is 13.6 Å². The van der Waals surface area contributed by atoms with E-state index in [1.807, 2.05) is 12.1 Å². The predicted molar refractivity (Wildman–Crippen MR) is 79.8 cm³/mol. The van der Waals surface area contributed by atoms with Gasteiger partial charge in [0, 0.05) is 6.54 Å². The van der Waals surface area contributed by atoms with Crippen LogP contribution in [0.25, 0.3) is 0 Å². The lowest BCUT2D eigenvalue weighted by atomic mass is 10.1. The van der Waals surface area contributed by atoms with Gasteiger partial charge in [0.2, 0.25) is 5.91 Å². The van der Waals surface area contributed by atoms with Crippen molar-refractivity contribution in [3.8, 4) is 11.8 Å². The summed E-state index contributed by atoms with van der Waals surface area (Å²) in [5.41, 5.74) is 2.05. The Hall–Kier alpha value is -2.94. The molecule has 0 radical (unpaired) electrons. The molecule has 0 aromatic heterocycles. The van der Waals surface area contributed by atoms with Crippen molar-refractivity contribution in [3.63, 3.8) is 0 Å². The van der Waals surface area contributed by atoms with Gasteiger partial charge < -0.3 is 10.1 Å². The maximum absolute atomic E-state index is 12.0. The second-order valence-electron chi connectivity index (χ2n) is 4.79. The quantitative estimate of drug-likeness (QED) is 0.891. The first-order valence-corrected chi connectivity index (χ1v) is 6.86. The van der Waals surface area contributed by atoms with Crippen LogP contribution in [0.1, 0.15) is 16.7 Å². The van der Waals surface area contributed by atoms with Crippen LogP contribution in [0, 0.1) is 11.3 Å². The standard InChI is InChI=1S/C17H14F2N2O2/c18-17(19)23-15-6-4-12(5-7-15)9-16(22)21-11-14-3-1-2-13(8-14)10-20/h1-8,17H,9,11H2,(H,21,22). The number of halogens is 2. The molecule has 0 unspecified atom stereocenters. The van der Waals surface area contributed by atoms with Crippen molar-refractivity contribution in [2.45, 2.75) is 19.6 Å². The molecule has 0 fully saturated rings. The number of nitrogens with one attached hydrogen (secondary N) is 1. The number of carbonyl (C=O) groups is 1. The van der Waals surface area contributed by atoms with Gasteiger partial charge >= 0.3 is 6.61 Å². The Morgan fingerprint density at radius 3 is 2.57 bits per heavy atom. The zero-order chi connectivity index (χ0) is 16.7. The third-order valence-corrected chi connectivity index (χ3v) is 3.06. The number of benzene rings is 2. The highest BCUT2D eigenvalue weighted by molar-refractivity contribution is 5.78. The summed E-state index contributed by atoms with van der Waals surface area (Å²) < 4.78 is 28.3. The molecule has 0 aliphatic carbocycles. The Labute approximate surface area is 132 Å². The first-order valence-electron chi connectivity index (χ1n) is 6.86. The number of carbonyl (C=O) groups excluding carboxylic acids is 1. The number of amides is 1. The zero-order valence-electron chi connectivity index (χ0n) is 12.1. The highest BCUT2D eigenvalue weighted by Crippen LogP contribution is 2.15. The number of rotatable bonds is 6. The van der Waals surface area contributed by atoms with E-state index >= 15 is 0 Å². The van der Waals surface area contributed by atoms with Crippen molar-refractivity contribution in [1.82, 2.24) is 5.32 Å². The van der Waals surface area contributed by atoms with Crippen molar-refractivity contribution in [1.29, 1.82) is 5.26 Å². The highest BCUT2D eigenvalue weighted by atomic mass is 19.3. The molecule has 0 heterocycles. The highest BCUT2D eigenvalue weighted by Gasteiger charge is 2.06. The minimum Gasteiger partial charge on any atom is -0.435 e. The third kappa shape index (κ3) is 5.40. The lowest BCUT2D eigenvalue weighted by molar-refractivity contribution is -0.120. The maximum Gasteiger partial charge on any atom is 0.387 e. The fourth-order valence-electron chi connectivity index (χ4n) is 1.99. The molecule has 0 spiro atoms. The summed E-state index contributed by atoms with van der Waals surface area (Å²) in [6, 6.07) is 14.9. The van der Waals surface area contributed by atoms with Crippen LogP contribution < -0.4 is 10.1 Å². The van der Waals surface area contributed by atoms with Gasteiger partial charge in [-0.15, -0.1) is 0 Å². The number of nitriles is 1. The number of hydrogen-bond acceptors (Lipinski definition) is 3. The first-order chi connectivity index (χ1) is 11.1. The van der Waals surface area contributed by atoms with Gasteiger partial charge in [-0.2, -0.15) is 14.0 Å². The van der Waals surface area contributed by atoms with Gasteiger partial charge in [-0.1, -0.05) is 24.3 Å². The third-order valence-electron chi connectivity index (χ3n) is 3.06. The molecule has 0 saturated carbocycles. The molecule has 2 rings (SSSR count). The molecule has 118 valence electrons. The van der Waals surface area contributed by atoms with E-state index in [0.29, 0.717) is 17.7 Å². The molecule has 0 atom stereocenters. The van der Waals surface area contributed by atoms with Gasteiger partial charge in [0.15, 0.2) is 0 Å². The van der Waals surface area contributed by atoms with E-state index in [1.54, 1.807) is 30.3 Å². The molecule has 23 heavy (non-hydrogen) atoms. The topological polar surface area (TPSA) is 62.1 Å². The average Bonchev–Trinajstić information content (AvgIpc) is 2.54. The van der Waals surface area contributed by atoms with E-state index in [0.717, 1.165) is 5.56 Å². The van der Waals surface area contributed by atoms with Crippen molar-refractivity contribution in [3.05, 3.63) is 65.2 Å². The Morgan fingerprint density at radius 1 is 1.17 bits per heavy atom. The van der Waals surface area contributed by atoms with Gasteiger partial charge in [-0.25, -0.2) is 0 Å². The number of alkyl halides is 2. The summed E-state index contributed by atoms with van der Waals surface area (Å²) in [5, 5.41) is 11.6. The minimum atomic E-state index is -2.87. The average molecular weight is 316 g/mol. The monoisotopic (exact) mass is 316 g/mol. The number of nitrogens with zero attached hydrogens (tertiary/aromatic N) is 1. The second-order valence-corrected chi connectivity index (χ2v) is 4.79. The predicted octanol–water partition coefficient (Wildman–Crippen LogP) is 3.02. The van der Waals surface area contributed by atoms with Crippen LogP contribution in [0.5, 0.6) is 5.75 Å². The van der Waals surface area contributed by atoms with Crippen LogP contribution in [0.3, 0.4) is 0 Å². The van der Waals surface area contributed by atoms with Gasteiger partial charge in [0.1, 0.15) is 5.75 Å². The van der Waals surface area contributed by atoms with E-state index in [-0.39, 0.29) is 18.1 Å². The Bertz CT molecular complexity index is 709. The molecule has 0 aliphatic rings. The van der Waals surface area contributed by atoms with Crippen LogP contribution >= 0.6 is 0 Å². The maximum atomic E-state index is 12.0. The SMILES string of the molecule is N#Cc1cccc(CNC(=O)Cc2ccc(OC(F)F)cc2)c1. The van der Waals surface area contributed by atoms with Crippen LogP contribution in [-0.2, 0) is 17.8 Å². The van der Waals surface area contributed by atoms with Crippen molar-refractivity contribution in [2.24, 2.45) is 0 Å². The van der Waals surface area contributed by atoms with Crippen molar-refractivity contribution >= 4 is 5.91 Å². The molecular formula is C17H14F2N2O2. The second kappa shape index (κ2) is 7.90. The van der Waals surface area contributed by atoms with E-state index in [4.69, 9.17) is 5.26 Å². The fourth-order valence-corrected chi connectivity index (χ4v) is 1.99. The van der Waals surface area contributed by atoms with Crippen LogP contribution in [0.4, 0.5) is 8.78 Å². The minimum absolute atomic E-state index is 0.0532. The van der Waals surface area contributed by atoms with E-state index < -0.39 is 6.61 Å². The lowest BCUT2D eigenvalue weighted by Crippen LogP contribution is -2.24. The van der Waals surface area contributed by atoms with Crippen molar-refractivity contribution in [2.75, 3.05) is 0 Å². The van der Waals surface area contributed by atoms with Crippen LogP contribution in [0.15, 0.2) is 48.5 Å². The molecular weight excluding hydrogens is 302 g/mol. The van der Waals surface area contributed by atoms with Gasteiger partial charge in [0.25, 0.3) is 0 Å². The molecule has 2 aromatic rings. The Morgan fingerprint density at radius 2 is 1.91 bits per heavy atom. The lowest BCUT2D eigenvalue weighted by Gasteiger charge is -2.07. The summed E-state index contributed by atoms with van der Waals surface area (Å²) in [6.07, 6.45) is 0.132. The van der Waals surface area contributed by atoms with E-state index in [2.05, 4.69) is 10.1 Å². The largest absolute Gasteiger partial charge is 0.435 e. The molecule has 1 amide bonds. The molecule has 1 N–H and O–H groups in total. The van der Waals surface area contributed by atoms with Gasteiger partial charge in [0.05, 0.1) is 18.1 Å². The van der Waals surface area contributed by atoms with Crippen LogP contribution in [0.2, 0.25) is 0 Å². The first kappa shape index (κ1) is 16.4. The van der Waals surface area contributed by atoms with Crippen molar-refractivity contribution < 1.29 is 18.3 Å².